The number of carbonyl (C=O) groups excluding carboxylic acids is 1. The summed E-state index contributed by atoms with van der Waals surface area (Å²) in [5.41, 5.74) is 4.36. The van der Waals surface area contributed by atoms with Crippen LogP contribution in [0.4, 0.5) is 0 Å². The molecule has 4 aromatic heterocycles. The quantitative estimate of drug-likeness (QED) is 0.340. The molecule has 0 bridgehead atoms. The second kappa shape index (κ2) is 10.2. The number of fused-ring (bicyclic) bond motifs is 2. The first-order valence-electron chi connectivity index (χ1n) is 13.1. The Morgan fingerprint density at radius 1 is 0.951 bits per heavy atom. The minimum Gasteiger partial charge on any atom is -0.342 e. The van der Waals surface area contributed by atoms with Crippen LogP contribution < -0.4 is 10.9 Å². The van der Waals surface area contributed by atoms with Gasteiger partial charge >= 0.3 is 0 Å². The molecule has 1 N–H and O–H groups in total. The van der Waals surface area contributed by atoms with E-state index in [0.29, 0.717) is 44.9 Å². The molecule has 0 saturated carbocycles. The Hall–Kier alpha value is -5.56. The number of carbonyl (C=O) groups is 1. The summed E-state index contributed by atoms with van der Waals surface area (Å²) in [6, 6.07) is 15.8. The fraction of sp³-hybridized carbons (Fsp3) is 0.161. The van der Waals surface area contributed by atoms with Gasteiger partial charge in [-0.1, -0.05) is 36.1 Å². The number of nitrogens with one attached hydrogen (secondary N) is 1. The first-order valence-corrected chi connectivity index (χ1v) is 13.1. The lowest BCUT2D eigenvalue weighted by molar-refractivity contribution is 0.0938. The van der Waals surface area contributed by atoms with Crippen LogP contribution >= 0.6 is 0 Å². The van der Waals surface area contributed by atoms with Gasteiger partial charge in [0.15, 0.2) is 5.65 Å². The van der Waals surface area contributed by atoms with Gasteiger partial charge in [-0.25, -0.2) is 14.5 Å². The van der Waals surface area contributed by atoms with Crippen molar-refractivity contribution in [3.05, 3.63) is 117 Å². The number of amides is 1. The molecular formula is C31H26N8O2. The van der Waals surface area contributed by atoms with Gasteiger partial charge in [0.25, 0.3) is 11.5 Å². The van der Waals surface area contributed by atoms with E-state index in [1.165, 1.54) is 4.57 Å². The SMILES string of the molecule is Cc1nn(C)cc1C#Cc1cccc2nc([C@H](C)NC(=O)c3c(C)nn4cccnc34)n(-c3ccccc3)c(=O)c12. The molecule has 0 aliphatic carbocycles. The molecule has 1 atom stereocenters. The van der Waals surface area contributed by atoms with Crippen molar-refractivity contribution in [1.82, 2.24) is 39.2 Å². The summed E-state index contributed by atoms with van der Waals surface area (Å²) in [5.74, 6) is 6.33. The Morgan fingerprint density at radius 3 is 2.49 bits per heavy atom. The number of aromatic nitrogens is 7. The molecule has 6 rings (SSSR count). The van der Waals surface area contributed by atoms with Crippen LogP contribution in [-0.4, -0.2) is 39.8 Å². The van der Waals surface area contributed by atoms with Crippen LogP contribution in [0.15, 0.2) is 78.0 Å². The van der Waals surface area contributed by atoms with Gasteiger partial charge in [-0.2, -0.15) is 10.2 Å². The first-order chi connectivity index (χ1) is 19.8. The second-order valence-electron chi connectivity index (χ2n) is 9.74. The monoisotopic (exact) mass is 542 g/mol. The number of rotatable bonds is 4. The lowest BCUT2D eigenvalue weighted by Gasteiger charge is -2.20. The molecule has 2 aromatic carbocycles. The highest BCUT2D eigenvalue weighted by atomic mass is 16.2. The van der Waals surface area contributed by atoms with Gasteiger partial charge in [0.05, 0.1) is 39.6 Å². The molecule has 0 aliphatic rings. The smallest absolute Gasteiger partial charge is 0.267 e. The maximum absolute atomic E-state index is 14.2. The van der Waals surface area contributed by atoms with Crippen molar-refractivity contribution in [1.29, 1.82) is 0 Å². The number of hydrogen-bond acceptors (Lipinski definition) is 6. The van der Waals surface area contributed by atoms with Crippen molar-refractivity contribution in [3.63, 3.8) is 0 Å². The van der Waals surface area contributed by atoms with Crippen molar-refractivity contribution in [3.8, 4) is 17.5 Å². The summed E-state index contributed by atoms with van der Waals surface area (Å²) >= 11 is 0. The third kappa shape index (κ3) is 4.63. The summed E-state index contributed by atoms with van der Waals surface area (Å²) in [6.45, 7) is 5.45. The molecule has 0 unspecified atom stereocenters. The van der Waals surface area contributed by atoms with Crippen LogP contribution in [0.1, 0.15) is 51.7 Å². The molecule has 0 fully saturated rings. The number of para-hydroxylation sites is 1. The predicted molar refractivity (Wildman–Crippen MR) is 155 cm³/mol. The summed E-state index contributed by atoms with van der Waals surface area (Å²) < 4.78 is 4.81. The molecule has 41 heavy (non-hydrogen) atoms. The molecule has 0 radical (unpaired) electrons. The fourth-order valence-corrected chi connectivity index (χ4v) is 4.92. The maximum atomic E-state index is 14.2. The zero-order valence-corrected chi connectivity index (χ0v) is 23.0. The van der Waals surface area contributed by atoms with Crippen molar-refractivity contribution in [2.24, 2.45) is 7.05 Å². The normalized spacial score (nSPS) is 11.8. The van der Waals surface area contributed by atoms with Crippen molar-refractivity contribution in [2.75, 3.05) is 0 Å². The van der Waals surface area contributed by atoms with E-state index in [9.17, 15) is 9.59 Å². The van der Waals surface area contributed by atoms with Crippen LogP contribution in [-0.2, 0) is 7.05 Å². The third-order valence-electron chi connectivity index (χ3n) is 6.82. The summed E-state index contributed by atoms with van der Waals surface area (Å²) in [6.07, 6.45) is 5.20. The van der Waals surface area contributed by atoms with E-state index in [1.54, 1.807) is 47.6 Å². The molecule has 0 aliphatic heterocycles. The number of benzene rings is 2. The van der Waals surface area contributed by atoms with E-state index in [0.717, 1.165) is 11.3 Å². The van der Waals surface area contributed by atoms with Gasteiger partial charge in [-0.15, -0.1) is 0 Å². The second-order valence-corrected chi connectivity index (χ2v) is 9.74. The van der Waals surface area contributed by atoms with Gasteiger partial charge < -0.3 is 5.32 Å². The standard InChI is InChI=1S/C31H26N8O2/c1-19-23(18-37(4)35-19)15-14-22-10-8-13-25-27(22)31(41)39(24-11-6-5-7-12-24)28(34-25)21(3)33-30(40)26-20(2)36-38-17-9-16-32-29(26)38/h5-13,16-18,21H,1-4H3,(H,33,40)/t21-/m0/s1. The highest BCUT2D eigenvalue weighted by Gasteiger charge is 2.24. The third-order valence-corrected chi connectivity index (χ3v) is 6.82. The van der Waals surface area contributed by atoms with Gasteiger partial charge in [0.1, 0.15) is 11.4 Å². The molecular weight excluding hydrogens is 516 g/mol. The zero-order chi connectivity index (χ0) is 28.7. The van der Waals surface area contributed by atoms with E-state index in [2.05, 4.69) is 32.3 Å². The Balaban J connectivity index is 1.48. The molecule has 4 heterocycles. The van der Waals surface area contributed by atoms with Crippen molar-refractivity contribution >= 4 is 22.5 Å². The molecule has 10 heteroatoms. The average Bonchev–Trinajstić information content (AvgIpc) is 3.48. The number of aryl methyl sites for hydroxylation is 3. The lowest BCUT2D eigenvalue weighted by atomic mass is 10.1. The Morgan fingerprint density at radius 2 is 1.73 bits per heavy atom. The minimum absolute atomic E-state index is 0.279. The molecule has 202 valence electrons. The minimum atomic E-state index is -0.634. The maximum Gasteiger partial charge on any atom is 0.267 e. The molecule has 10 nitrogen and oxygen atoms in total. The number of hydrogen-bond donors (Lipinski definition) is 1. The van der Waals surface area contributed by atoms with Gasteiger partial charge in [0.2, 0.25) is 0 Å². The van der Waals surface area contributed by atoms with Crippen LogP contribution in [0, 0.1) is 25.7 Å². The summed E-state index contributed by atoms with van der Waals surface area (Å²) in [5, 5.41) is 12.1. The summed E-state index contributed by atoms with van der Waals surface area (Å²) in [7, 11) is 1.84. The number of nitrogens with zero attached hydrogens (tertiary/aromatic N) is 7. The van der Waals surface area contributed by atoms with Crippen LogP contribution in [0.25, 0.3) is 22.2 Å². The van der Waals surface area contributed by atoms with Crippen LogP contribution in [0.3, 0.4) is 0 Å². The van der Waals surface area contributed by atoms with Crippen molar-refractivity contribution in [2.45, 2.75) is 26.8 Å². The summed E-state index contributed by atoms with van der Waals surface area (Å²) in [4.78, 5) is 36.9. The first kappa shape index (κ1) is 25.7. The van der Waals surface area contributed by atoms with Gasteiger partial charge in [0, 0.05) is 31.2 Å². The van der Waals surface area contributed by atoms with E-state index < -0.39 is 6.04 Å². The Labute approximate surface area is 235 Å². The van der Waals surface area contributed by atoms with E-state index in [-0.39, 0.29) is 11.5 Å². The Kier molecular flexibility index (Phi) is 6.40. The lowest BCUT2D eigenvalue weighted by Crippen LogP contribution is -2.33. The highest BCUT2D eigenvalue weighted by molar-refractivity contribution is 6.01. The zero-order valence-electron chi connectivity index (χ0n) is 23.0. The largest absolute Gasteiger partial charge is 0.342 e. The van der Waals surface area contributed by atoms with Gasteiger partial charge in [-0.3, -0.25) is 18.8 Å². The van der Waals surface area contributed by atoms with Crippen molar-refractivity contribution < 1.29 is 4.79 Å². The fourth-order valence-electron chi connectivity index (χ4n) is 4.92. The molecule has 0 saturated heterocycles. The van der Waals surface area contributed by atoms with E-state index in [1.807, 2.05) is 62.6 Å². The van der Waals surface area contributed by atoms with Crippen LogP contribution in [0.5, 0.6) is 0 Å². The average molecular weight is 543 g/mol. The Bertz CT molecular complexity index is 2080. The molecule has 6 aromatic rings. The predicted octanol–water partition coefficient (Wildman–Crippen LogP) is 3.67. The highest BCUT2D eigenvalue weighted by Crippen LogP contribution is 2.21. The topological polar surface area (TPSA) is 112 Å². The van der Waals surface area contributed by atoms with Gasteiger partial charge in [-0.05, 0) is 51.1 Å². The molecule has 1 amide bonds. The van der Waals surface area contributed by atoms with E-state index >= 15 is 0 Å². The van der Waals surface area contributed by atoms with E-state index in [4.69, 9.17) is 4.98 Å². The van der Waals surface area contributed by atoms with Crippen LogP contribution in [0.2, 0.25) is 0 Å². The molecule has 0 spiro atoms.